The van der Waals surface area contributed by atoms with Crippen LogP contribution >= 0.6 is 0 Å². The molecular formula is C21H23N5O2. The number of hydrogen-bond donors (Lipinski definition) is 1. The van der Waals surface area contributed by atoms with Crippen LogP contribution in [0.2, 0.25) is 0 Å². The Balaban J connectivity index is 1.43. The summed E-state index contributed by atoms with van der Waals surface area (Å²) >= 11 is 0. The zero-order valence-electron chi connectivity index (χ0n) is 16.3. The maximum Gasteiger partial charge on any atom is 0.274 e. The number of pyridine rings is 1. The van der Waals surface area contributed by atoms with Gasteiger partial charge in [-0.05, 0) is 43.4 Å². The normalized spacial score (nSPS) is 23.3. The van der Waals surface area contributed by atoms with Crippen LogP contribution in [0.15, 0.2) is 35.0 Å². The molecule has 2 atom stereocenters. The zero-order valence-corrected chi connectivity index (χ0v) is 16.3. The highest BCUT2D eigenvalue weighted by Crippen LogP contribution is 2.60. The van der Waals surface area contributed by atoms with Gasteiger partial charge in [0.15, 0.2) is 0 Å². The number of piperidine rings is 1. The fourth-order valence-corrected chi connectivity index (χ4v) is 4.43. The van der Waals surface area contributed by atoms with E-state index in [2.05, 4.69) is 34.2 Å². The molecular weight excluding hydrogens is 354 g/mol. The first-order chi connectivity index (χ1) is 13.5. The number of aromatic amines is 1. The first-order valence-electron chi connectivity index (χ1n) is 9.72. The number of aromatic nitrogens is 4. The molecule has 2 fully saturated rings. The minimum absolute atomic E-state index is 0.0191. The van der Waals surface area contributed by atoms with Crippen molar-refractivity contribution in [1.29, 1.82) is 0 Å². The Hall–Kier alpha value is -2.96. The van der Waals surface area contributed by atoms with Gasteiger partial charge in [-0.2, -0.15) is 5.10 Å². The van der Waals surface area contributed by atoms with Crippen LogP contribution in [0.5, 0.6) is 0 Å². The number of rotatable bonds is 4. The molecule has 2 aliphatic rings. The molecule has 0 aromatic carbocycles. The molecule has 1 amide bonds. The van der Waals surface area contributed by atoms with Crippen LogP contribution in [-0.4, -0.2) is 44.2 Å². The third-order valence-corrected chi connectivity index (χ3v) is 6.13. The summed E-state index contributed by atoms with van der Waals surface area (Å²) in [4.78, 5) is 19.4. The Morgan fingerprint density at radius 3 is 2.96 bits per heavy atom. The first-order valence-corrected chi connectivity index (χ1v) is 9.72. The Morgan fingerprint density at radius 1 is 1.39 bits per heavy atom. The second kappa shape index (κ2) is 6.02. The lowest BCUT2D eigenvalue weighted by atomic mass is 9.94. The zero-order chi connectivity index (χ0) is 19.5. The number of hydrogen-bond acceptors (Lipinski definition) is 5. The number of likely N-dealkylation sites (tertiary alicyclic amines) is 1. The highest BCUT2D eigenvalue weighted by Gasteiger charge is 2.64. The van der Waals surface area contributed by atoms with E-state index in [1.807, 2.05) is 36.1 Å². The summed E-state index contributed by atoms with van der Waals surface area (Å²) in [7, 11) is 0. The monoisotopic (exact) mass is 377 g/mol. The van der Waals surface area contributed by atoms with E-state index >= 15 is 0 Å². The number of nitrogens with one attached hydrogen (secondary N) is 1. The van der Waals surface area contributed by atoms with Crippen molar-refractivity contribution in [3.8, 4) is 11.3 Å². The predicted molar refractivity (Wildman–Crippen MR) is 103 cm³/mol. The number of carbonyl (C=O) groups excluding carboxylic acids is 1. The molecule has 4 heterocycles. The van der Waals surface area contributed by atoms with Gasteiger partial charge in [0.25, 0.3) is 5.91 Å². The smallest absolute Gasteiger partial charge is 0.274 e. The Bertz CT molecular complexity index is 1040. The average Bonchev–Trinajstić information content (AvgIpc) is 3.11. The van der Waals surface area contributed by atoms with Gasteiger partial charge in [0.05, 0.1) is 11.3 Å². The molecule has 5 rings (SSSR count). The van der Waals surface area contributed by atoms with Crippen LogP contribution in [0.4, 0.5) is 0 Å². The molecule has 1 saturated carbocycles. The van der Waals surface area contributed by atoms with Gasteiger partial charge in [-0.15, -0.1) is 0 Å². The SMILES string of the molecule is Cc1onc(C23CC2CN(C(=O)c2cc(C(C)C)[nH]n2)C3)c1-c1ccccn1. The van der Waals surface area contributed by atoms with E-state index in [4.69, 9.17) is 4.52 Å². The molecule has 1 saturated heterocycles. The second-order valence-electron chi connectivity index (χ2n) is 8.28. The molecule has 3 aromatic rings. The van der Waals surface area contributed by atoms with E-state index in [-0.39, 0.29) is 11.3 Å². The summed E-state index contributed by atoms with van der Waals surface area (Å²) in [5.74, 6) is 1.47. The van der Waals surface area contributed by atoms with Crippen molar-refractivity contribution >= 4 is 5.91 Å². The molecule has 3 aromatic heterocycles. The Morgan fingerprint density at radius 2 is 2.25 bits per heavy atom. The van der Waals surface area contributed by atoms with Crippen molar-refractivity contribution in [2.45, 2.75) is 38.5 Å². The molecule has 7 nitrogen and oxygen atoms in total. The fraction of sp³-hybridized carbons (Fsp3) is 0.429. The lowest BCUT2D eigenvalue weighted by Crippen LogP contribution is -2.33. The maximum absolute atomic E-state index is 13.0. The summed E-state index contributed by atoms with van der Waals surface area (Å²) < 4.78 is 5.55. The van der Waals surface area contributed by atoms with E-state index < -0.39 is 0 Å². The quantitative estimate of drug-likeness (QED) is 0.754. The van der Waals surface area contributed by atoms with Gasteiger partial charge in [-0.1, -0.05) is 25.1 Å². The van der Waals surface area contributed by atoms with Gasteiger partial charge >= 0.3 is 0 Å². The van der Waals surface area contributed by atoms with Gasteiger partial charge in [0, 0.05) is 30.4 Å². The molecule has 7 heteroatoms. The van der Waals surface area contributed by atoms with Crippen LogP contribution in [0.25, 0.3) is 11.3 Å². The van der Waals surface area contributed by atoms with Crippen molar-refractivity contribution in [1.82, 2.24) is 25.2 Å². The van der Waals surface area contributed by atoms with Crippen LogP contribution in [0.3, 0.4) is 0 Å². The Labute approximate surface area is 163 Å². The fourth-order valence-electron chi connectivity index (χ4n) is 4.43. The molecule has 2 unspecified atom stereocenters. The number of fused-ring (bicyclic) bond motifs is 1. The highest BCUT2D eigenvalue weighted by molar-refractivity contribution is 5.93. The highest BCUT2D eigenvalue weighted by atomic mass is 16.5. The standard InChI is InChI=1S/C21H23N5O2/c1-12(2)16-8-17(24-23-16)20(27)26-10-14-9-21(14,11-26)19-18(13(3)28-25-19)15-6-4-5-7-22-15/h4-8,12,14H,9-11H2,1-3H3,(H,23,24). The van der Waals surface area contributed by atoms with Crippen LogP contribution in [0.1, 0.15) is 53.8 Å². The predicted octanol–water partition coefficient (Wildman–Crippen LogP) is 3.31. The maximum atomic E-state index is 13.0. The molecule has 0 bridgehead atoms. The van der Waals surface area contributed by atoms with Crippen LogP contribution in [0, 0.1) is 12.8 Å². The molecule has 0 spiro atoms. The number of carbonyl (C=O) groups is 1. The third kappa shape index (κ3) is 2.49. The molecule has 0 radical (unpaired) electrons. The van der Waals surface area contributed by atoms with Crippen LogP contribution < -0.4 is 0 Å². The van der Waals surface area contributed by atoms with Crippen molar-refractivity contribution in [3.63, 3.8) is 0 Å². The van der Waals surface area contributed by atoms with Crippen molar-refractivity contribution in [2.24, 2.45) is 5.92 Å². The topological polar surface area (TPSA) is 87.9 Å². The van der Waals surface area contributed by atoms with E-state index in [1.165, 1.54) is 0 Å². The summed E-state index contributed by atoms with van der Waals surface area (Å²) in [6, 6.07) is 7.71. The summed E-state index contributed by atoms with van der Waals surface area (Å²) in [6.45, 7) is 7.45. The van der Waals surface area contributed by atoms with Crippen molar-refractivity contribution in [2.75, 3.05) is 13.1 Å². The molecule has 1 aliphatic carbocycles. The van der Waals surface area contributed by atoms with Crippen molar-refractivity contribution in [3.05, 3.63) is 53.3 Å². The minimum atomic E-state index is -0.128. The van der Waals surface area contributed by atoms with Gasteiger partial charge in [-0.3, -0.25) is 14.9 Å². The van der Waals surface area contributed by atoms with E-state index in [1.54, 1.807) is 6.20 Å². The average molecular weight is 377 g/mol. The molecule has 1 N–H and O–H groups in total. The number of nitrogens with zero attached hydrogens (tertiary/aromatic N) is 4. The lowest BCUT2D eigenvalue weighted by molar-refractivity contribution is 0.0766. The molecule has 144 valence electrons. The summed E-state index contributed by atoms with van der Waals surface area (Å²) in [6.07, 6.45) is 2.81. The van der Waals surface area contributed by atoms with E-state index in [0.717, 1.165) is 41.4 Å². The largest absolute Gasteiger partial charge is 0.361 e. The second-order valence-corrected chi connectivity index (χ2v) is 8.28. The first kappa shape index (κ1) is 17.2. The molecule has 1 aliphatic heterocycles. The number of amides is 1. The summed E-state index contributed by atoms with van der Waals surface area (Å²) in [5, 5.41) is 11.6. The number of H-pyrrole nitrogens is 1. The van der Waals surface area contributed by atoms with Gasteiger partial charge in [-0.25, -0.2) is 0 Å². The number of aryl methyl sites for hydroxylation is 1. The Kier molecular flexibility index (Phi) is 3.69. The van der Waals surface area contributed by atoms with E-state index in [9.17, 15) is 4.79 Å². The van der Waals surface area contributed by atoms with Crippen LogP contribution in [-0.2, 0) is 5.41 Å². The van der Waals surface area contributed by atoms with E-state index in [0.29, 0.717) is 24.1 Å². The van der Waals surface area contributed by atoms with Gasteiger partial charge in [0.1, 0.15) is 17.1 Å². The minimum Gasteiger partial charge on any atom is -0.361 e. The molecule has 28 heavy (non-hydrogen) atoms. The van der Waals surface area contributed by atoms with Gasteiger partial charge in [0.2, 0.25) is 0 Å². The lowest BCUT2D eigenvalue weighted by Gasteiger charge is -2.19. The van der Waals surface area contributed by atoms with Crippen molar-refractivity contribution < 1.29 is 9.32 Å². The van der Waals surface area contributed by atoms with Gasteiger partial charge < -0.3 is 9.42 Å². The summed E-state index contributed by atoms with van der Waals surface area (Å²) in [5.41, 5.74) is 4.12. The third-order valence-electron chi connectivity index (χ3n) is 6.13.